The molecule has 1 saturated heterocycles. The molecule has 6 nitrogen and oxygen atoms in total. The van der Waals surface area contributed by atoms with Crippen LogP contribution in [-0.2, 0) is 0 Å². The van der Waals surface area contributed by atoms with Gasteiger partial charge >= 0.3 is 0 Å². The van der Waals surface area contributed by atoms with Crippen LogP contribution in [0, 0.1) is 19.8 Å². The van der Waals surface area contributed by atoms with E-state index < -0.39 is 0 Å². The number of carbonyl (C=O) groups excluding carboxylic acids is 1. The van der Waals surface area contributed by atoms with Gasteiger partial charge in [-0.2, -0.15) is 0 Å². The molecule has 2 aromatic rings. The highest BCUT2D eigenvalue weighted by Crippen LogP contribution is 2.34. The fourth-order valence-electron chi connectivity index (χ4n) is 4.24. The molecular formula is C26H37ClN4O2. The molecular weight excluding hydrogens is 436 g/mol. The topological polar surface area (TPSA) is 57.7 Å². The standard InChI is InChI=1S/C26H37ClN4O2/c1-18-19(2)24(33-13-7-6-12-30(4)5)10-9-23(18)20(3)31-16-21(17-31)14-29-26(32)22-8-11-25(27)28-15-22/h8-11,15,20-21H,6-7,12-14,16-17H2,1-5H3,(H,29,32). The van der Waals surface area contributed by atoms with Gasteiger partial charge in [-0.05, 0) is 89.1 Å². The zero-order chi connectivity index (χ0) is 24.0. The first-order valence-electron chi connectivity index (χ1n) is 11.8. The van der Waals surface area contributed by atoms with Crippen molar-refractivity contribution in [1.29, 1.82) is 0 Å². The molecule has 1 aromatic heterocycles. The first-order valence-corrected chi connectivity index (χ1v) is 12.2. The number of carbonyl (C=O) groups is 1. The highest BCUT2D eigenvalue weighted by molar-refractivity contribution is 6.29. The maximum atomic E-state index is 12.3. The van der Waals surface area contributed by atoms with Gasteiger partial charge < -0.3 is 15.0 Å². The Kier molecular flexibility index (Phi) is 9.12. The summed E-state index contributed by atoms with van der Waals surface area (Å²) < 4.78 is 6.07. The second kappa shape index (κ2) is 11.8. The van der Waals surface area contributed by atoms with E-state index in [9.17, 15) is 4.79 Å². The van der Waals surface area contributed by atoms with E-state index in [0.29, 0.717) is 29.2 Å². The lowest BCUT2D eigenvalue weighted by Gasteiger charge is -2.44. The average molecular weight is 473 g/mol. The molecule has 0 aliphatic carbocycles. The van der Waals surface area contributed by atoms with Crippen LogP contribution in [-0.4, -0.2) is 67.6 Å². The average Bonchev–Trinajstić information content (AvgIpc) is 2.75. The van der Waals surface area contributed by atoms with Crippen molar-refractivity contribution in [2.45, 2.75) is 39.7 Å². The molecule has 1 aliphatic rings. The monoisotopic (exact) mass is 472 g/mol. The number of unbranched alkanes of at least 4 members (excludes halogenated alkanes) is 1. The predicted octanol–water partition coefficient (Wildman–Crippen LogP) is 4.50. The van der Waals surface area contributed by atoms with E-state index in [1.165, 1.54) is 22.9 Å². The highest BCUT2D eigenvalue weighted by Gasteiger charge is 2.32. The Labute approximate surface area is 203 Å². The number of pyridine rings is 1. The number of likely N-dealkylation sites (tertiary alicyclic amines) is 1. The van der Waals surface area contributed by atoms with Gasteiger partial charge in [-0.1, -0.05) is 17.7 Å². The third-order valence-electron chi connectivity index (χ3n) is 6.56. The van der Waals surface area contributed by atoms with E-state index in [1.807, 2.05) is 0 Å². The fraction of sp³-hybridized carbons (Fsp3) is 0.538. The molecule has 1 N–H and O–H groups in total. The zero-order valence-electron chi connectivity index (χ0n) is 20.5. The van der Waals surface area contributed by atoms with E-state index in [1.54, 1.807) is 12.1 Å². The second-order valence-electron chi connectivity index (χ2n) is 9.34. The van der Waals surface area contributed by atoms with Gasteiger partial charge in [0.2, 0.25) is 0 Å². The molecule has 0 radical (unpaired) electrons. The molecule has 180 valence electrons. The summed E-state index contributed by atoms with van der Waals surface area (Å²) in [4.78, 5) is 20.9. The zero-order valence-corrected chi connectivity index (χ0v) is 21.3. The van der Waals surface area contributed by atoms with Crippen molar-refractivity contribution in [2.75, 3.05) is 46.9 Å². The lowest BCUT2D eigenvalue weighted by Crippen LogP contribution is -2.52. The number of hydrogen-bond donors (Lipinski definition) is 1. The molecule has 1 aromatic carbocycles. The van der Waals surface area contributed by atoms with Crippen LogP contribution < -0.4 is 10.1 Å². The summed E-state index contributed by atoms with van der Waals surface area (Å²) in [6.45, 7) is 11.1. The second-order valence-corrected chi connectivity index (χ2v) is 9.72. The van der Waals surface area contributed by atoms with E-state index >= 15 is 0 Å². The van der Waals surface area contributed by atoms with Crippen LogP contribution in [0.25, 0.3) is 0 Å². The maximum Gasteiger partial charge on any atom is 0.252 e. The molecule has 1 unspecified atom stereocenters. The minimum Gasteiger partial charge on any atom is -0.493 e. The van der Waals surface area contributed by atoms with Crippen molar-refractivity contribution in [1.82, 2.24) is 20.1 Å². The van der Waals surface area contributed by atoms with E-state index in [0.717, 1.165) is 44.8 Å². The largest absolute Gasteiger partial charge is 0.493 e. The number of benzene rings is 1. The Morgan fingerprint density at radius 1 is 1.21 bits per heavy atom. The van der Waals surface area contributed by atoms with Crippen molar-refractivity contribution < 1.29 is 9.53 Å². The van der Waals surface area contributed by atoms with Crippen molar-refractivity contribution in [3.05, 3.63) is 57.9 Å². The third kappa shape index (κ3) is 6.92. The molecule has 1 amide bonds. The molecule has 3 rings (SSSR count). The Balaban J connectivity index is 1.45. The summed E-state index contributed by atoms with van der Waals surface area (Å²) in [7, 11) is 4.20. The van der Waals surface area contributed by atoms with Crippen LogP contribution in [0.15, 0.2) is 30.5 Å². The molecule has 7 heteroatoms. The van der Waals surface area contributed by atoms with Gasteiger partial charge in [0.15, 0.2) is 0 Å². The van der Waals surface area contributed by atoms with E-state index in [2.05, 4.69) is 67.1 Å². The number of hydrogen-bond acceptors (Lipinski definition) is 5. The van der Waals surface area contributed by atoms with Crippen molar-refractivity contribution in [3.63, 3.8) is 0 Å². The smallest absolute Gasteiger partial charge is 0.252 e. The summed E-state index contributed by atoms with van der Waals surface area (Å²) >= 11 is 5.79. The minimum atomic E-state index is -0.102. The van der Waals surface area contributed by atoms with E-state index in [-0.39, 0.29) is 5.91 Å². The van der Waals surface area contributed by atoms with Crippen molar-refractivity contribution in [3.8, 4) is 5.75 Å². The van der Waals surface area contributed by atoms with Crippen molar-refractivity contribution >= 4 is 17.5 Å². The first kappa shape index (κ1) is 25.5. The molecule has 1 fully saturated rings. The SMILES string of the molecule is Cc1c(OCCCCN(C)C)ccc(C(C)N2CC(CNC(=O)c3ccc(Cl)nc3)C2)c1C. The van der Waals surface area contributed by atoms with Crippen LogP contribution in [0.4, 0.5) is 0 Å². The molecule has 2 heterocycles. The molecule has 0 bridgehead atoms. The summed E-state index contributed by atoms with van der Waals surface area (Å²) in [6, 6.07) is 8.00. The molecule has 1 atom stereocenters. The lowest BCUT2D eigenvalue weighted by molar-refractivity contribution is 0.0569. The Bertz CT molecular complexity index is 927. The Hall–Kier alpha value is -2.15. The molecule has 0 saturated carbocycles. The van der Waals surface area contributed by atoms with Gasteiger partial charge in [0.1, 0.15) is 10.9 Å². The van der Waals surface area contributed by atoms with Crippen LogP contribution in [0.2, 0.25) is 5.15 Å². The number of amides is 1. The van der Waals surface area contributed by atoms with Gasteiger partial charge in [-0.15, -0.1) is 0 Å². The normalized spacial score (nSPS) is 15.4. The summed E-state index contributed by atoms with van der Waals surface area (Å²) in [5.74, 6) is 1.35. The molecule has 0 spiro atoms. The van der Waals surface area contributed by atoms with Gasteiger partial charge in [0.05, 0.1) is 12.2 Å². The number of ether oxygens (including phenoxy) is 1. The van der Waals surface area contributed by atoms with Gasteiger partial charge in [0, 0.05) is 37.8 Å². The summed E-state index contributed by atoms with van der Waals surface area (Å²) in [6.07, 6.45) is 3.72. The maximum absolute atomic E-state index is 12.3. The van der Waals surface area contributed by atoms with Gasteiger partial charge in [-0.25, -0.2) is 4.98 Å². The third-order valence-corrected chi connectivity index (χ3v) is 6.78. The van der Waals surface area contributed by atoms with Gasteiger partial charge in [0.25, 0.3) is 5.91 Å². The fourth-order valence-corrected chi connectivity index (χ4v) is 4.35. The first-order chi connectivity index (χ1) is 15.8. The number of nitrogens with zero attached hydrogens (tertiary/aromatic N) is 3. The van der Waals surface area contributed by atoms with Crippen LogP contribution >= 0.6 is 11.6 Å². The van der Waals surface area contributed by atoms with Crippen LogP contribution in [0.1, 0.15) is 52.9 Å². The molecule has 1 aliphatic heterocycles. The number of aromatic nitrogens is 1. The van der Waals surface area contributed by atoms with Crippen molar-refractivity contribution in [2.24, 2.45) is 5.92 Å². The highest BCUT2D eigenvalue weighted by atomic mass is 35.5. The Morgan fingerprint density at radius 3 is 2.64 bits per heavy atom. The molecule has 33 heavy (non-hydrogen) atoms. The number of nitrogens with one attached hydrogen (secondary N) is 1. The quantitative estimate of drug-likeness (QED) is 0.385. The Morgan fingerprint density at radius 2 is 1.97 bits per heavy atom. The lowest BCUT2D eigenvalue weighted by atomic mass is 9.91. The van der Waals surface area contributed by atoms with Crippen LogP contribution in [0.5, 0.6) is 5.75 Å². The van der Waals surface area contributed by atoms with Crippen LogP contribution in [0.3, 0.4) is 0 Å². The summed E-state index contributed by atoms with van der Waals surface area (Å²) in [5.41, 5.74) is 4.42. The predicted molar refractivity (Wildman–Crippen MR) is 134 cm³/mol. The van der Waals surface area contributed by atoms with E-state index in [4.69, 9.17) is 16.3 Å². The number of rotatable bonds is 11. The summed E-state index contributed by atoms with van der Waals surface area (Å²) in [5, 5.41) is 3.40. The minimum absolute atomic E-state index is 0.102. The number of halogens is 1. The van der Waals surface area contributed by atoms with Gasteiger partial charge in [-0.3, -0.25) is 9.69 Å².